The molecule has 2 heterocycles. The predicted octanol–water partition coefficient (Wildman–Crippen LogP) is 4.21. The van der Waals surface area contributed by atoms with Gasteiger partial charge in [0.2, 0.25) is 5.91 Å². The van der Waals surface area contributed by atoms with Gasteiger partial charge in [-0.15, -0.1) is 0 Å². The molecular formula is C20H27N3O2. The van der Waals surface area contributed by atoms with Crippen molar-refractivity contribution >= 4 is 11.7 Å². The number of anilines is 1. The van der Waals surface area contributed by atoms with E-state index in [4.69, 9.17) is 4.74 Å². The van der Waals surface area contributed by atoms with E-state index in [1.165, 1.54) is 11.1 Å². The first-order chi connectivity index (χ1) is 11.9. The summed E-state index contributed by atoms with van der Waals surface area (Å²) in [5.74, 6) is 2.07. The maximum atomic E-state index is 12.2. The van der Waals surface area contributed by atoms with E-state index < -0.39 is 0 Å². The summed E-state index contributed by atoms with van der Waals surface area (Å²) < 4.78 is 7.72. The molecule has 0 radical (unpaired) electrons. The van der Waals surface area contributed by atoms with Gasteiger partial charge in [0.25, 0.3) is 0 Å². The van der Waals surface area contributed by atoms with Crippen molar-refractivity contribution in [3.63, 3.8) is 0 Å². The molecule has 0 bridgehead atoms. The third kappa shape index (κ3) is 3.28. The molecule has 1 aromatic heterocycles. The van der Waals surface area contributed by atoms with E-state index in [0.717, 1.165) is 23.4 Å². The van der Waals surface area contributed by atoms with E-state index in [2.05, 4.69) is 49.5 Å². The van der Waals surface area contributed by atoms with Crippen molar-refractivity contribution in [3.05, 3.63) is 40.6 Å². The molecule has 1 amide bonds. The minimum atomic E-state index is 0.0261. The first kappa shape index (κ1) is 17.5. The van der Waals surface area contributed by atoms with Crippen LogP contribution in [0.4, 0.5) is 5.82 Å². The SMILES string of the molecule is CCOc1cc(C)c(C2CC(=O)Nc3nn(CC)cc32)cc1C(C)C. The monoisotopic (exact) mass is 341 g/mol. The van der Waals surface area contributed by atoms with Crippen LogP contribution in [0, 0.1) is 6.92 Å². The molecule has 1 N–H and O–H groups in total. The molecule has 5 nitrogen and oxygen atoms in total. The number of carbonyl (C=O) groups excluding carboxylic acids is 1. The standard InChI is InChI=1S/C20H27N3O2/c1-6-23-11-17-16(10-19(24)21-20(17)22-23)15-9-14(12(3)4)18(25-7-2)8-13(15)5/h8-9,11-12,16H,6-7,10H2,1-5H3,(H,21,22,24). The predicted molar refractivity (Wildman–Crippen MR) is 99.4 cm³/mol. The van der Waals surface area contributed by atoms with E-state index in [-0.39, 0.29) is 11.8 Å². The van der Waals surface area contributed by atoms with Crippen LogP contribution in [0.3, 0.4) is 0 Å². The average molecular weight is 341 g/mol. The van der Waals surface area contributed by atoms with E-state index in [9.17, 15) is 4.79 Å². The topological polar surface area (TPSA) is 56.1 Å². The highest BCUT2D eigenvalue weighted by atomic mass is 16.5. The normalized spacial score (nSPS) is 16.7. The van der Waals surface area contributed by atoms with E-state index in [1.807, 2.05) is 18.5 Å². The summed E-state index contributed by atoms with van der Waals surface area (Å²) in [4.78, 5) is 12.2. The summed E-state index contributed by atoms with van der Waals surface area (Å²) in [6.45, 7) is 11.9. The van der Waals surface area contributed by atoms with Crippen LogP contribution in [-0.4, -0.2) is 22.3 Å². The summed E-state index contributed by atoms with van der Waals surface area (Å²) in [6, 6.07) is 4.34. The van der Waals surface area contributed by atoms with E-state index >= 15 is 0 Å². The summed E-state index contributed by atoms with van der Waals surface area (Å²) in [5, 5.41) is 7.40. The zero-order chi connectivity index (χ0) is 18.1. The van der Waals surface area contributed by atoms with Gasteiger partial charge in [0.15, 0.2) is 5.82 Å². The molecule has 0 fully saturated rings. The Morgan fingerprint density at radius 2 is 2.08 bits per heavy atom. The molecule has 0 saturated heterocycles. The third-order valence-electron chi connectivity index (χ3n) is 4.83. The number of rotatable bonds is 5. The molecule has 1 aliphatic heterocycles. The highest BCUT2D eigenvalue weighted by Crippen LogP contribution is 2.41. The van der Waals surface area contributed by atoms with Crippen molar-refractivity contribution in [2.45, 2.75) is 59.4 Å². The zero-order valence-electron chi connectivity index (χ0n) is 15.7. The molecule has 0 aliphatic carbocycles. The molecule has 0 spiro atoms. The first-order valence-corrected chi connectivity index (χ1v) is 9.09. The molecule has 25 heavy (non-hydrogen) atoms. The Balaban J connectivity index is 2.11. The number of hydrogen-bond acceptors (Lipinski definition) is 3. The molecule has 134 valence electrons. The van der Waals surface area contributed by atoms with Crippen LogP contribution < -0.4 is 10.1 Å². The van der Waals surface area contributed by atoms with Crippen molar-refractivity contribution in [3.8, 4) is 5.75 Å². The highest BCUT2D eigenvalue weighted by Gasteiger charge is 2.31. The quantitative estimate of drug-likeness (QED) is 0.886. The lowest BCUT2D eigenvalue weighted by atomic mass is 9.83. The lowest BCUT2D eigenvalue weighted by Gasteiger charge is -2.25. The second kappa shape index (κ2) is 6.90. The number of fused-ring (bicyclic) bond motifs is 1. The molecule has 2 aromatic rings. The third-order valence-corrected chi connectivity index (χ3v) is 4.83. The smallest absolute Gasteiger partial charge is 0.226 e. The minimum Gasteiger partial charge on any atom is -0.494 e. The van der Waals surface area contributed by atoms with Crippen molar-refractivity contribution in [2.24, 2.45) is 0 Å². The van der Waals surface area contributed by atoms with Crippen LogP contribution in [0.1, 0.15) is 68.2 Å². The number of benzene rings is 1. The fraction of sp³-hybridized carbons (Fsp3) is 0.500. The summed E-state index contributed by atoms with van der Waals surface area (Å²) >= 11 is 0. The number of ether oxygens (including phenoxy) is 1. The molecule has 1 unspecified atom stereocenters. The summed E-state index contributed by atoms with van der Waals surface area (Å²) in [7, 11) is 0. The molecule has 5 heteroatoms. The van der Waals surface area contributed by atoms with Gasteiger partial charge in [-0.05, 0) is 49.4 Å². The van der Waals surface area contributed by atoms with Crippen LogP contribution in [0.25, 0.3) is 0 Å². The average Bonchev–Trinajstić information content (AvgIpc) is 2.97. The largest absolute Gasteiger partial charge is 0.494 e. The summed E-state index contributed by atoms with van der Waals surface area (Å²) in [5.41, 5.74) is 4.64. The van der Waals surface area contributed by atoms with Gasteiger partial charge in [-0.3, -0.25) is 9.48 Å². The maximum Gasteiger partial charge on any atom is 0.226 e. The Bertz CT molecular complexity index is 792. The Labute approximate surface area is 149 Å². The Morgan fingerprint density at radius 3 is 2.72 bits per heavy atom. The van der Waals surface area contributed by atoms with Gasteiger partial charge in [-0.1, -0.05) is 19.9 Å². The molecule has 3 rings (SSSR count). The highest BCUT2D eigenvalue weighted by molar-refractivity contribution is 5.94. The van der Waals surface area contributed by atoms with Gasteiger partial charge < -0.3 is 10.1 Å². The fourth-order valence-electron chi connectivity index (χ4n) is 3.53. The number of amides is 1. The first-order valence-electron chi connectivity index (χ1n) is 9.09. The molecule has 0 saturated carbocycles. The van der Waals surface area contributed by atoms with Crippen molar-refractivity contribution < 1.29 is 9.53 Å². The molecule has 1 atom stereocenters. The van der Waals surface area contributed by atoms with Crippen LogP contribution in [0.2, 0.25) is 0 Å². The maximum absolute atomic E-state index is 12.2. The second-order valence-corrected chi connectivity index (χ2v) is 6.93. The molecular weight excluding hydrogens is 314 g/mol. The lowest BCUT2D eigenvalue weighted by Crippen LogP contribution is -2.23. The summed E-state index contributed by atoms with van der Waals surface area (Å²) in [6.07, 6.45) is 2.51. The van der Waals surface area contributed by atoms with Gasteiger partial charge in [-0.25, -0.2) is 0 Å². The van der Waals surface area contributed by atoms with Crippen molar-refractivity contribution in [2.75, 3.05) is 11.9 Å². The van der Waals surface area contributed by atoms with Crippen molar-refractivity contribution in [1.82, 2.24) is 9.78 Å². The molecule has 1 aliphatic rings. The van der Waals surface area contributed by atoms with Crippen molar-refractivity contribution in [1.29, 1.82) is 0 Å². The minimum absolute atomic E-state index is 0.0261. The van der Waals surface area contributed by atoms with E-state index in [0.29, 0.717) is 24.8 Å². The lowest BCUT2D eigenvalue weighted by molar-refractivity contribution is -0.116. The van der Waals surface area contributed by atoms with Gasteiger partial charge in [0.1, 0.15) is 5.75 Å². The van der Waals surface area contributed by atoms with Crippen LogP contribution in [-0.2, 0) is 11.3 Å². The number of aryl methyl sites for hydroxylation is 2. The Kier molecular flexibility index (Phi) is 4.84. The number of nitrogens with one attached hydrogen (secondary N) is 1. The van der Waals surface area contributed by atoms with Crippen LogP contribution in [0.5, 0.6) is 5.75 Å². The second-order valence-electron chi connectivity index (χ2n) is 6.93. The number of hydrogen-bond donors (Lipinski definition) is 1. The van der Waals surface area contributed by atoms with Gasteiger partial charge in [0.05, 0.1) is 6.61 Å². The number of nitrogens with zero attached hydrogens (tertiary/aromatic N) is 2. The van der Waals surface area contributed by atoms with Gasteiger partial charge in [0, 0.05) is 30.6 Å². The number of carbonyl (C=O) groups is 1. The number of aromatic nitrogens is 2. The molecule has 1 aromatic carbocycles. The Morgan fingerprint density at radius 1 is 1.32 bits per heavy atom. The van der Waals surface area contributed by atoms with Gasteiger partial charge >= 0.3 is 0 Å². The van der Waals surface area contributed by atoms with Gasteiger partial charge in [-0.2, -0.15) is 5.10 Å². The fourth-order valence-corrected chi connectivity index (χ4v) is 3.53. The Hall–Kier alpha value is -2.30. The zero-order valence-corrected chi connectivity index (χ0v) is 15.7. The van der Waals surface area contributed by atoms with E-state index in [1.54, 1.807) is 0 Å². The van der Waals surface area contributed by atoms with Crippen LogP contribution in [0.15, 0.2) is 18.3 Å². The van der Waals surface area contributed by atoms with Crippen LogP contribution >= 0.6 is 0 Å².